The summed E-state index contributed by atoms with van der Waals surface area (Å²) < 4.78 is 5.33. The van der Waals surface area contributed by atoms with Crippen LogP contribution in [0.2, 0.25) is 0 Å². The minimum absolute atomic E-state index is 0.0551. The number of pyridine rings is 1. The molecule has 0 amide bonds. The molecule has 1 heterocycles. The molecular formula is C16H20N2O3. The lowest BCUT2D eigenvalue weighted by atomic mass is 9.96. The van der Waals surface area contributed by atoms with Crippen molar-refractivity contribution < 1.29 is 14.6 Å². The highest BCUT2D eigenvalue weighted by atomic mass is 16.5. The van der Waals surface area contributed by atoms with E-state index in [1.165, 1.54) is 0 Å². The topological polar surface area (TPSA) is 71.5 Å². The molecule has 2 rings (SSSR count). The van der Waals surface area contributed by atoms with Crippen LogP contribution in [-0.2, 0) is 4.79 Å². The Balaban J connectivity index is 2.29. The number of aromatic nitrogens is 1. The largest absolute Gasteiger partial charge is 0.496 e. The lowest BCUT2D eigenvalue weighted by Crippen LogP contribution is -2.27. The molecule has 0 radical (unpaired) electrons. The fourth-order valence-corrected chi connectivity index (χ4v) is 2.31. The van der Waals surface area contributed by atoms with Crippen molar-refractivity contribution in [2.75, 3.05) is 19.0 Å². The van der Waals surface area contributed by atoms with Crippen LogP contribution in [0.3, 0.4) is 0 Å². The lowest BCUT2D eigenvalue weighted by Gasteiger charge is -2.18. The second-order valence-corrected chi connectivity index (χ2v) is 5.28. The predicted octanol–water partition coefficient (Wildman–Crippen LogP) is 3.01. The summed E-state index contributed by atoms with van der Waals surface area (Å²) in [6, 6.07) is 7.61. The minimum atomic E-state index is -0.796. The van der Waals surface area contributed by atoms with Gasteiger partial charge in [-0.15, -0.1) is 0 Å². The van der Waals surface area contributed by atoms with Crippen LogP contribution < -0.4 is 10.1 Å². The van der Waals surface area contributed by atoms with Gasteiger partial charge in [-0.2, -0.15) is 0 Å². The Kier molecular flexibility index (Phi) is 4.62. The minimum Gasteiger partial charge on any atom is -0.496 e. The Hall–Kier alpha value is -2.30. The highest BCUT2D eigenvalue weighted by Gasteiger charge is 2.21. The molecule has 2 N–H and O–H groups in total. The second-order valence-electron chi connectivity index (χ2n) is 5.28. The number of hydrogen-bond donors (Lipinski definition) is 2. The molecule has 0 spiro atoms. The zero-order valence-corrected chi connectivity index (χ0v) is 12.5. The number of methoxy groups -OCH3 is 1. The summed E-state index contributed by atoms with van der Waals surface area (Å²) in [5.41, 5.74) is 0. The predicted molar refractivity (Wildman–Crippen MR) is 82.7 cm³/mol. The molecule has 1 aromatic heterocycles. The van der Waals surface area contributed by atoms with Gasteiger partial charge in [-0.1, -0.05) is 26.0 Å². The van der Waals surface area contributed by atoms with E-state index >= 15 is 0 Å². The third-order valence-corrected chi connectivity index (χ3v) is 3.60. The van der Waals surface area contributed by atoms with Crippen molar-refractivity contribution >= 4 is 22.6 Å². The molecule has 0 saturated heterocycles. The molecule has 5 heteroatoms. The van der Waals surface area contributed by atoms with E-state index in [-0.39, 0.29) is 5.92 Å². The third-order valence-electron chi connectivity index (χ3n) is 3.60. The number of ether oxygens (including phenoxy) is 1. The quantitative estimate of drug-likeness (QED) is 0.855. The molecule has 0 fully saturated rings. The molecule has 1 aromatic carbocycles. The normalized spacial score (nSPS) is 12.4. The number of nitrogens with one attached hydrogen (secondary N) is 1. The van der Waals surface area contributed by atoms with Crippen molar-refractivity contribution in [1.82, 2.24) is 4.98 Å². The molecule has 21 heavy (non-hydrogen) atoms. The van der Waals surface area contributed by atoms with E-state index in [0.717, 1.165) is 16.5 Å². The van der Waals surface area contributed by atoms with Gasteiger partial charge in [-0.05, 0) is 18.1 Å². The molecule has 0 aliphatic heterocycles. The first-order chi connectivity index (χ1) is 10.0. The van der Waals surface area contributed by atoms with Crippen LogP contribution in [0.25, 0.3) is 10.8 Å². The number of anilines is 1. The lowest BCUT2D eigenvalue weighted by molar-refractivity contribution is -0.142. The number of rotatable bonds is 6. The van der Waals surface area contributed by atoms with Crippen LogP contribution in [0.4, 0.5) is 5.82 Å². The van der Waals surface area contributed by atoms with Crippen LogP contribution in [0.15, 0.2) is 30.5 Å². The Bertz CT molecular complexity index is 640. The highest BCUT2D eigenvalue weighted by Crippen LogP contribution is 2.29. The highest BCUT2D eigenvalue weighted by molar-refractivity contribution is 5.95. The number of benzene rings is 1. The number of aliphatic carboxylic acids is 1. The first kappa shape index (κ1) is 15.1. The van der Waals surface area contributed by atoms with E-state index < -0.39 is 11.9 Å². The average molecular weight is 288 g/mol. The van der Waals surface area contributed by atoms with Crippen LogP contribution in [0.1, 0.15) is 13.8 Å². The molecule has 112 valence electrons. The van der Waals surface area contributed by atoms with Gasteiger partial charge in [0.05, 0.1) is 13.0 Å². The number of carboxylic acids is 1. The van der Waals surface area contributed by atoms with Gasteiger partial charge in [0, 0.05) is 23.5 Å². The molecule has 0 saturated carbocycles. The van der Waals surface area contributed by atoms with E-state index in [1.54, 1.807) is 13.3 Å². The fraction of sp³-hybridized carbons (Fsp3) is 0.375. The summed E-state index contributed by atoms with van der Waals surface area (Å²) in [4.78, 5) is 15.6. The number of fused-ring (bicyclic) bond motifs is 1. The first-order valence-corrected chi connectivity index (χ1v) is 6.93. The molecule has 1 atom stereocenters. The fourth-order valence-electron chi connectivity index (χ4n) is 2.31. The molecular weight excluding hydrogens is 268 g/mol. The Morgan fingerprint density at radius 1 is 1.33 bits per heavy atom. The molecule has 5 nitrogen and oxygen atoms in total. The molecule has 1 unspecified atom stereocenters. The summed E-state index contributed by atoms with van der Waals surface area (Å²) in [5, 5.41) is 14.3. The monoisotopic (exact) mass is 288 g/mol. The van der Waals surface area contributed by atoms with Gasteiger partial charge >= 0.3 is 5.97 Å². The van der Waals surface area contributed by atoms with Crippen LogP contribution in [0.5, 0.6) is 5.75 Å². The van der Waals surface area contributed by atoms with Crippen molar-refractivity contribution in [2.24, 2.45) is 11.8 Å². The second kappa shape index (κ2) is 6.43. The maximum absolute atomic E-state index is 11.2. The van der Waals surface area contributed by atoms with Crippen molar-refractivity contribution in [3.05, 3.63) is 30.5 Å². The van der Waals surface area contributed by atoms with Gasteiger partial charge in [-0.25, -0.2) is 4.98 Å². The molecule has 0 aliphatic carbocycles. The third kappa shape index (κ3) is 3.24. The van der Waals surface area contributed by atoms with Gasteiger partial charge in [0.2, 0.25) is 0 Å². The van der Waals surface area contributed by atoms with Crippen molar-refractivity contribution in [3.63, 3.8) is 0 Å². The maximum Gasteiger partial charge on any atom is 0.308 e. The van der Waals surface area contributed by atoms with E-state index in [1.807, 2.05) is 38.1 Å². The molecule has 2 aromatic rings. The van der Waals surface area contributed by atoms with Crippen LogP contribution >= 0.6 is 0 Å². The van der Waals surface area contributed by atoms with Gasteiger partial charge < -0.3 is 15.2 Å². The van der Waals surface area contributed by atoms with Crippen molar-refractivity contribution in [2.45, 2.75) is 13.8 Å². The van der Waals surface area contributed by atoms with E-state index in [9.17, 15) is 9.90 Å². The number of hydrogen-bond acceptors (Lipinski definition) is 4. The van der Waals surface area contributed by atoms with Gasteiger partial charge in [-0.3, -0.25) is 4.79 Å². The number of nitrogens with zero attached hydrogens (tertiary/aromatic N) is 1. The van der Waals surface area contributed by atoms with Gasteiger partial charge in [0.15, 0.2) is 0 Å². The Labute approximate surface area is 124 Å². The zero-order chi connectivity index (χ0) is 15.4. The van der Waals surface area contributed by atoms with Crippen LogP contribution in [-0.4, -0.2) is 29.7 Å². The van der Waals surface area contributed by atoms with Crippen molar-refractivity contribution in [3.8, 4) is 5.75 Å². The van der Waals surface area contributed by atoms with E-state index in [0.29, 0.717) is 12.4 Å². The first-order valence-electron chi connectivity index (χ1n) is 6.93. The summed E-state index contributed by atoms with van der Waals surface area (Å²) in [5.74, 6) is 0.261. The number of carbonyl (C=O) groups is 1. The molecule has 0 bridgehead atoms. The summed E-state index contributed by atoms with van der Waals surface area (Å²) in [6.45, 7) is 4.15. The maximum atomic E-state index is 11.2. The van der Waals surface area contributed by atoms with Gasteiger partial charge in [0.25, 0.3) is 0 Å². The standard InChI is InChI=1S/C16H20N2O3/c1-10(2)13(16(19)20)9-18-15-12-5-4-6-14(21-3)11(12)7-8-17-15/h4-8,10,13H,9H2,1-3H3,(H,17,18)(H,19,20). The number of carboxylic acid groups (broad SMARTS) is 1. The molecule has 0 aliphatic rings. The summed E-state index contributed by atoms with van der Waals surface area (Å²) in [6.07, 6.45) is 1.69. The van der Waals surface area contributed by atoms with Crippen molar-refractivity contribution in [1.29, 1.82) is 0 Å². The summed E-state index contributed by atoms with van der Waals surface area (Å²) >= 11 is 0. The average Bonchev–Trinajstić information content (AvgIpc) is 2.46. The zero-order valence-electron chi connectivity index (χ0n) is 12.5. The van der Waals surface area contributed by atoms with E-state index in [2.05, 4.69) is 10.3 Å². The Morgan fingerprint density at radius 2 is 2.10 bits per heavy atom. The summed E-state index contributed by atoms with van der Waals surface area (Å²) in [7, 11) is 1.63. The smallest absolute Gasteiger partial charge is 0.308 e. The van der Waals surface area contributed by atoms with E-state index in [4.69, 9.17) is 4.74 Å². The Morgan fingerprint density at radius 3 is 2.71 bits per heavy atom. The van der Waals surface area contributed by atoms with Crippen LogP contribution in [0, 0.1) is 11.8 Å². The van der Waals surface area contributed by atoms with Gasteiger partial charge in [0.1, 0.15) is 11.6 Å². The SMILES string of the molecule is COc1cccc2c(NCC(C(=O)O)C(C)C)nccc12.